The third kappa shape index (κ3) is 4.15. The molecule has 2 unspecified atom stereocenters. The number of halogens is 3. The number of hydrogen-bond acceptors (Lipinski definition) is 4. The molecule has 0 bridgehead atoms. The monoisotopic (exact) mass is 510 g/mol. The maximum Gasteiger partial charge on any atom is 0.249 e. The van der Waals surface area contributed by atoms with E-state index in [9.17, 15) is 9.18 Å². The summed E-state index contributed by atoms with van der Waals surface area (Å²) < 4.78 is 14.9. The van der Waals surface area contributed by atoms with Crippen LogP contribution in [0.4, 0.5) is 21.6 Å². The van der Waals surface area contributed by atoms with E-state index in [1.807, 2.05) is 11.0 Å². The molecule has 5 rings (SSSR count). The number of benzene rings is 2. The van der Waals surface area contributed by atoms with E-state index in [0.717, 1.165) is 5.69 Å². The summed E-state index contributed by atoms with van der Waals surface area (Å²) in [5.41, 5.74) is 2.48. The Hall–Kier alpha value is -3.41. The number of fused-ring (bicyclic) bond motifs is 1. The van der Waals surface area contributed by atoms with Gasteiger partial charge in [0.1, 0.15) is 11.7 Å². The van der Waals surface area contributed by atoms with E-state index >= 15 is 0 Å². The molecule has 2 aliphatic rings. The Kier molecular flexibility index (Phi) is 6.22. The van der Waals surface area contributed by atoms with Gasteiger partial charge in [0, 0.05) is 37.6 Å². The van der Waals surface area contributed by atoms with Crippen LogP contribution in [0.1, 0.15) is 18.5 Å². The van der Waals surface area contributed by atoms with E-state index in [-0.39, 0.29) is 11.7 Å². The van der Waals surface area contributed by atoms with Crippen LogP contribution in [0.25, 0.3) is 4.85 Å². The van der Waals surface area contributed by atoms with Gasteiger partial charge in [0.05, 0.1) is 28.9 Å². The molecule has 3 heterocycles. The number of aromatic nitrogens is 2. The molecule has 35 heavy (non-hydrogen) atoms. The topological polar surface area (TPSA) is 58.1 Å². The summed E-state index contributed by atoms with van der Waals surface area (Å²) in [6.45, 7) is 11.5. The van der Waals surface area contributed by atoms with Crippen molar-refractivity contribution < 1.29 is 9.18 Å². The van der Waals surface area contributed by atoms with Crippen molar-refractivity contribution in [2.45, 2.75) is 13.0 Å². The highest BCUT2D eigenvalue weighted by atomic mass is 35.5. The molecule has 1 aromatic heterocycles. The smallest absolute Gasteiger partial charge is 0.249 e. The van der Waals surface area contributed by atoms with Crippen LogP contribution >= 0.6 is 23.2 Å². The van der Waals surface area contributed by atoms with Crippen molar-refractivity contribution >= 4 is 52.0 Å². The molecule has 0 spiro atoms. The molecule has 3 aromatic rings. The first kappa shape index (κ1) is 23.3. The zero-order chi connectivity index (χ0) is 24.7. The van der Waals surface area contributed by atoms with E-state index in [0.29, 0.717) is 59.0 Å². The van der Waals surface area contributed by atoms with Gasteiger partial charge in [-0.3, -0.25) is 9.48 Å². The number of aliphatic imine (C=N–C) groups is 1. The molecule has 1 amide bonds. The highest BCUT2D eigenvalue weighted by Crippen LogP contribution is 2.44. The van der Waals surface area contributed by atoms with E-state index in [2.05, 4.69) is 19.8 Å². The Bertz CT molecular complexity index is 1360. The van der Waals surface area contributed by atoms with Crippen LogP contribution in [0.5, 0.6) is 0 Å². The van der Waals surface area contributed by atoms with Crippen LogP contribution in [0.2, 0.25) is 10.0 Å². The Morgan fingerprint density at radius 3 is 2.51 bits per heavy atom. The van der Waals surface area contributed by atoms with Crippen LogP contribution < -0.4 is 4.90 Å². The average Bonchev–Trinajstić information content (AvgIpc) is 3.28. The van der Waals surface area contributed by atoms with Crippen molar-refractivity contribution in [3.05, 3.63) is 81.5 Å². The number of piperazine rings is 1. The summed E-state index contributed by atoms with van der Waals surface area (Å²) in [4.78, 5) is 26.0. The average molecular weight is 511 g/mol. The molecule has 1 fully saturated rings. The summed E-state index contributed by atoms with van der Waals surface area (Å²) in [7, 11) is 0. The van der Waals surface area contributed by atoms with Gasteiger partial charge in [-0.05, 0) is 42.8 Å². The molecular weight excluding hydrogens is 490 g/mol. The van der Waals surface area contributed by atoms with E-state index in [1.54, 1.807) is 35.9 Å². The first-order chi connectivity index (χ1) is 16.9. The lowest BCUT2D eigenvalue weighted by Crippen LogP contribution is -2.53. The lowest BCUT2D eigenvalue weighted by Gasteiger charge is -2.40. The van der Waals surface area contributed by atoms with Gasteiger partial charge >= 0.3 is 0 Å². The zero-order valence-corrected chi connectivity index (χ0v) is 20.3. The highest BCUT2D eigenvalue weighted by molar-refractivity contribution is 6.42. The summed E-state index contributed by atoms with van der Waals surface area (Å²) in [6.07, 6.45) is 1.46. The number of rotatable bonds is 3. The van der Waals surface area contributed by atoms with E-state index in [4.69, 9.17) is 29.8 Å². The number of amides is 1. The van der Waals surface area contributed by atoms with Crippen LogP contribution in [0, 0.1) is 18.3 Å². The predicted molar refractivity (Wildman–Crippen MR) is 135 cm³/mol. The molecule has 10 heteroatoms. The molecular formula is C25H21Cl2FN6O. The maximum atomic E-state index is 13.9. The van der Waals surface area contributed by atoms with Crippen LogP contribution in [0.3, 0.4) is 0 Å². The van der Waals surface area contributed by atoms with Crippen molar-refractivity contribution in [2.24, 2.45) is 10.9 Å². The molecule has 0 radical (unpaired) electrons. The number of carbonyl (C=O) groups excluding carboxylic acids is 1. The summed E-state index contributed by atoms with van der Waals surface area (Å²) in [6, 6.07) is 11.1. The molecule has 1 saturated heterocycles. The zero-order valence-electron chi connectivity index (χ0n) is 18.8. The van der Waals surface area contributed by atoms with Crippen molar-refractivity contribution in [1.82, 2.24) is 14.7 Å². The van der Waals surface area contributed by atoms with E-state index < -0.39 is 12.0 Å². The van der Waals surface area contributed by atoms with Gasteiger partial charge in [0.25, 0.3) is 0 Å². The maximum absolute atomic E-state index is 13.9. The van der Waals surface area contributed by atoms with Gasteiger partial charge in [0.2, 0.25) is 11.6 Å². The normalized spacial score (nSPS) is 19.7. The number of carbonyl (C=O) groups is 1. The van der Waals surface area contributed by atoms with Gasteiger partial charge in [-0.1, -0.05) is 35.3 Å². The Labute approximate surface area is 212 Å². The van der Waals surface area contributed by atoms with Gasteiger partial charge in [-0.2, -0.15) is 5.10 Å². The van der Waals surface area contributed by atoms with Gasteiger partial charge in [-0.25, -0.2) is 14.2 Å². The van der Waals surface area contributed by atoms with E-state index in [1.165, 1.54) is 18.3 Å². The lowest BCUT2D eigenvalue weighted by molar-refractivity contribution is -0.134. The fraction of sp³-hybridized carbons (Fsp3) is 0.280. The molecule has 2 aromatic carbocycles. The van der Waals surface area contributed by atoms with Crippen LogP contribution in [-0.2, 0) is 4.79 Å². The standard InChI is InChI=1S/C25H21Cl2FN6O/c1-15-21(25(35)33-12-10-32(11-13-33)17-8-6-16(28)7-9-17)23(18-4-3-5-19(26)22(18)27)34-24(31-15)20(29-2)14-30-34/h3-9,14,21,23H,10-13H2,1H3. The molecule has 178 valence electrons. The summed E-state index contributed by atoms with van der Waals surface area (Å²) in [5.74, 6) is -0.616. The Morgan fingerprint density at radius 2 is 1.83 bits per heavy atom. The van der Waals surface area contributed by atoms with Crippen LogP contribution in [-0.4, -0.2) is 52.5 Å². The Balaban J connectivity index is 1.47. The summed E-state index contributed by atoms with van der Waals surface area (Å²) in [5, 5.41) is 5.13. The molecule has 2 aliphatic heterocycles. The minimum atomic E-state index is -0.658. The van der Waals surface area contributed by atoms with Gasteiger partial charge < -0.3 is 9.80 Å². The minimum absolute atomic E-state index is 0.0865. The summed E-state index contributed by atoms with van der Waals surface area (Å²) >= 11 is 12.9. The predicted octanol–water partition coefficient (Wildman–Crippen LogP) is 5.54. The number of nitrogens with zero attached hydrogens (tertiary/aromatic N) is 6. The lowest BCUT2D eigenvalue weighted by atomic mass is 9.86. The minimum Gasteiger partial charge on any atom is -0.368 e. The first-order valence-corrected chi connectivity index (χ1v) is 11.9. The second kappa shape index (κ2) is 9.33. The van der Waals surface area contributed by atoms with Crippen LogP contribution in [0.15, 0.2) is 53.7 Å². The molecule has 7 nitrogen and oxygen atoms in total. The first-order valence-electron chi connectivity index (χ1n) is 11.1. The third-order valence-electron chi connectivity index (χ3n) is 6.53. The molecule has 0 aliphatic carbocycles. The quantitative estimate of drug-likeness (QED) is 0.434. The fourth-order valence-electron chi connectivity index (χ4n) is 4.75. The van der Waals surface area contributed by atoms with Gasteiger partial charge in [0.15, 0.2) is 5.82 Å². The molecule has 2 atom stereocenters. The largest absolute Gasteiger partial charge is 0.368 e. The van der Waals surface area contributed by atoms with Crippen molar-refractivity contribution in [2.75, 3.05) is 31.1 Å². The second-order valence-corrected chi connectivity index (χ2v) is 9.30. The third-order valence-corrected chi connectivity index (χ3v) is 7.37. The second-order valence-electron chi connectivity index (χ2n) is 8.52. The fourth-order valence-corrected chi connectivity index (χ4v) is 5.17. The number of anilines is 1. The SMILES string of the molecule is [C-]#[N+]c1cnn2c1N=C(C)C(C(=O)N1CCN(c3ccc(F)cc3)CC1)C2c1cccc(Cl)c1Cl. The Morgan fingerprint density at radius 1 is 1.11 bits per heavy atom. The van der Waals surface area contributed by atoms with Crippen molar-refractivity contribution in [1.29, 1.82) is 0 Å². The van der Waals surface area contributed by atoms with Gasteiger partial charge in [-0.15, -0.1) is 0 Å². The molecule has 0 saturated carbocycles. The number of hydrogen-bond donors (Lipinski definition) is 0. The molecule has 0 N–H and O–H groups in total. The van der Waals surface area contributed by atoms with Crippen molar-refractivity contribution in [3.8, 4) is 0 Å². The highest BCUT2D eigenvalue weighted by Gasteiger charge is 2.42. The van der Waals surface area contributed by atoms with Crippen molar-refractivity contribution in [3.63, 3.8) is 0 Å².